The Morgan fingerprint density at radius 1 is 1.12 bits per heavy atom. The number of hydrogen-bond donors (Lipinski definition) is 1. The average molecular weight is 438 g/mol. The molecule has 26 heavy (non-hydrogen) atoms. The van der Waals surface area contributed by atoms with Crippen molar-refractivity contribution in [3.8, 4) is 0 Å². The largest absolute Gasteiger partial charge is 0.444 e. The number of nitrogens with one attached hydrogen (secondary N) is 1. The van der Waals surface area contributed by atoms with Gasteiger partial charge in [0.2, 0.25) is 0 Å². The summed E-state index contributed by atoms with van der Waals surface area (Å²) in [4.78, 5) is 12.9. The molecule has 0 radical (unpaired) electrons. The molecule has 140 valence electrons. The second-order valence-electron chi connectivity index (χ2n) is 6.98. The van der Waals surface area contributed by atoms with E-state index >= 15 is 0 Å². The molecule has 0 saturated heterocycles. The molecular formula is C20H24BrNO3S. The minimum absolute atomic E-state index is 0.302. The van der Waals surface area contributed by atoms with Gasteiger partial charge in [0.05, 0.1) is 15.7 Å². The monoisotopic (exact) mass is 437 g/mol. The van der Waals surface area contributed by atoms with E-state index in [0.717, 1.165) is 14.9 Å². The van der Waals surface area contributed by atoms with Crippen molar-refractivity contribution >= 4 is 32.8 Å². The van der Waals surface area contributed by atoms with Crippen molar-refractivity contribution < 1.29 is 13.7 Å². The molecule has 4 nitrogen and oxygen atoms in total. The zero-order valence-corrected chi connectivity index (χ0v) is 17.6. The van der Waals surface area contributed by atoms with Gasteiger partial charge in [-0.2, -0.15) is 0 Å². The van der Waals surface area contributed by atoms with Gasteiger partial charge in [0.15, 0.2) is 0 Å². The van der Waals surface area contributed by atoms with Crippen LogP contribution in [0.2, 0.25) is 0 Å². The molecule has 0 aliphatic heterocycles. The lowest BCUT2D eigenvalue weighted by Crippen LogP contribution is -2.43. The Labute approximate surface area is 165 Å². The second kappa shape index (κ2) is 9.33. The highest BCUT2D eigenvalue weighted by Crippen LogP contribution is 2.21. The van der Waals surface area contributed by atoms with Gasteiger partial charge >= 0.3 is 6.09 Å². The van der Waals surface area contributed by atoms with Crippen LogP contribution in [0.4, 0.5) is 4.79 Å². The summed E-state index contributed by atoms with van der Waals surface area (Å²) in [5.74, 6) is 0.302. The zero-order chi connectivity index (χ0) is 19.2. The van der Waals surface area contributed by atoms with E-state index in [1.165, 1.54) is 0 Å². The summed E-state index contributed by atoms with van der Waals surface area (Å²) < 4.78 is 19.0. The van der Waals surface area contributed by atoms with E-state index in [2.05, 4.69) is 21.2 Å². The van der Waals surface area contributed by atoms with Crippen LogP contribution in [0.15, 0.2) is 64.0 Å². The van der Waals surface area contributed by atoms with Gasteiger partial charge in [-0.25, -0.2) is 4.79 Å². The molecule has 0 bridgehead atoms. The van der Waals surface area contributed by atoms with Crippen molar-refractivity contribution in [3.05, 3.63) is 64.6 Å². The van der Waals surface area contributed by atoms with Crippen molar-refractivity contribution in [1.29, 1.82) is 0 Å². The van der Waals surface area contributed by atoms with Crippen LogP contribution < -0.4 is 5.32 Å². The first-order valence-electron chi connectivity index (χ1n) is 8.41. The Hall–Kier alpha value is -1.66. The van der Waals surface area contributed by atoms with E-state index in [1.807, 2.05) is 75.4 Å². The van der Waals surface area contributed by atoms with Gasteiger partial charge in [0.25, 0.3) is 0 Å². The number of benzene rings is 2. The molecule has 0 heterocycles. The van der Waals surface area contributed by atoms with Crippen LogP contribution in [0.5, 0.6) is 0 Å². The molecule has 2 aromatic rings. The van der Waals surface area contributed by atoms with E-state index in [4.69, 9.17) is 4.74 Å². The van der Waals surface area contributed by atoms with Crippen molar-refractivity contribution in [2.45, 2.75) is 43.7 Å². The van der Waals surface area contributed by atoms with Crippen LogP contribution in [0.1, 0.15) is 26.3 Å². The predicted molar refractivity (Wildman–Crippen MR) is 109 cm³/mol. The number of ether oxygens (including phenoxy) is 1. The molecule has 0 aliphatic rings. The van der Waals surface area contributed by atoms with Crippen LogP contribution in [-0.2, 0) is 22.0 Å². The van der Waals surface area contributed by atoms with Crippen molar-refractivity contribution in [3.63, 3.8) is 0 Å². The molecule has 2 rings (SSSR count). The van der Waals surface area contributed by atoms with Crippen LogP contribution in [0.25, 0.3) is 0 Å². The summed E-state index contributed by atoms with van der Waals surface area (Å²) in [6.07, 6.45) is 0.0820. The number of amides is 1. The SMILES string of the molecule is CC(C)(C)OC(=O)N[C@@H](Cc1ccccc1)CS(=O)c1ccccc1Br. The molecule has 0 saturated carbocycles. The first-order valence-corrected chi connectivity index (χ1v) is 10.5. The normalized spacial score (nSPS) is 13.7. The molecule has 1 unspecified atom stereocenters. The zero-order valence-electron chi connectivity index (χ0n) is 15.2. The second-order valence-corrected chi connectivity index (χ2v) is 9.29. The van der Waals surface area contributed by atoms with Gasteiger partial charge in [0.1, 0.15) is 5.60 Å². The van der Waals surface area contributed by atoms with E-state index in [-0.39, 0.29) is 6.04 Å². The molecule has 6 heteroatoms. The van der Waals surface area contributed by atoms with Gasteiger partial charge < -0.3 is 10.1 Å². The summed E-state index contributed by atoms with van der Waals surface area (Å²) in [5, 5.41) is 2.87. The van der Waals surface area contributed by atoms with Crippen LogP contribution in [0, 0.1) is 0 Å². The molecule has 0 spiro atoms. The summed E-state index contributed by atoms with van der Waals surface area (Å²) in [6, 6.07) is 16.9. The minimum Gasteiger partial charge on any atom is -0.444 e. The number of rotatable bonds is 6. The molecule has 2 aromatic carbocycles. The fourth-order valence-corrected chi connectivity index (χ4v) is 4.51. The maximum Gasteiger partial charge on any atom is 0.407 e. The number of halogens is 1. The molecule has 2 atom stereocenters. The highest BCUT2D eigenvalue weighted by Gasteiger charge is 2.22. The van der Waals surface area contributed by atoms with Crippen molar-refractivity contribution in [2.75, 3.05) is 5.75 Å². The summed E-state index contributed by atoms with van der Waals surface area (Å²) in [7, 11) is -1.26. The highest BCUT2D eigenvalue weighted by atomic mass is 79.9. The smallest absolute Gasteiger partial charge is 0.407 e. The lowest BCUT2D eigenvalue weighted by atomic mass is 10.1. The third-order valence-corrected chi connectivity index (χ3v) is 5.99. The maximum atomic E-state index is 12.8. The molecule has 0 aromatic heterocycles. The Bertz CT molecular complexity index is 759. The van der Waals surface area contributed by atoms with E-state index in [0.29, 0.717) is 12.2 Å². The quantitative estimate of drug-likeness (QED) is 0.712. The maximum absolute atomic E-state index is 12.8. The fraction of sp³-hybridized carbons (Fsp3) is 0.350. The highest BCUT2D eigenvalue weighted by molar-refractivity contribution is 9.10. The first kappa shape index (κ1) is 20.6. The Morgan fingerprint density at radius 2 is 1.73 bits per heavy atom. The average Bonchev–Trinajstić information content (AvgIpc) is 2.54. The van der Waals surface area contributed by atoms with Crippen LogP contribution >= 0.6 is 15.9 Å². The fourth-order valence-electron chi connectivity index (χ4n) is 2.43. The van der Waals surface area contributed by atoms with Gasteiger partial charge in [-0.3, -0.25) is 4.21 Å². The van der Waals surface area contributed by atoms with Crippen LogP contribution in [0.3, 0.4) is 0 Å². The van der Waals surface area contributed by atoms with Crippen molar-refractivity contribution in [2.24, 2.45) is 0 Å². The van der Waals surface area contributed by atoms with Gasteiger partial charge in [-0.15, -0.1) is 0 Å². The third kappa shape index (κ3) is 6.92. The summed E-state index contributed by atoms with van der Waals surface area (Å²) in [6.45, 7) is 5.45. The molecule has 0 fully saturated rings. The summed E-state index contributed by atoms with van der Waals surface area (Å²) >= 11 is 3.44. The lowest BCUT2D eigenvalue weighted by Gasteiger charge is -2.23. The van der Waals surface area contributed by atoms with Gasteiger partial charge in [-0.05, 0) is 60.8 Å². The Morgan fingerprint density at radius 3 is 2.35 bits per heavy atom. The summed E-state index contributed by atoms with van der Waals surface area (Å²) in [5.41, 5.74) is 0.487. The van der Waals surface area contributed by atoms with E-state index in [9.17, 15) is 9.00 Å². The number of carbonyl (C=O) groups excluding carboxylic acids is 1. The number of hydrogen-bond acceptors (Lipinski definition) is 3. The number of carbonyl (C=O) groups is 1. The topological polar surface area (TPSA) is 55.4 Å². The Kier molecular flexibility index (Phi) is 7.41. The number of alkyl carbamates (subject to hydrolysis) is 1. The van der Waals surface area contributed by atoms with E-state index < -0.39 is 22.5 Å². The van der Waals surface area contributed by atoms with Crippen LogP contribution in [-0.4, -0.2) is 27.7 Å². The molecular weight excluding hydrogens is 414 g/mol. The van der Waals surface area contributed by atoms with Gasteiger partial charge in [0, 0.05) is 16.3 Å². The van der Waals surface area contributed by atoms with E-state index in [1.54, 1.807) is 0 Å². The Balaban J connectivity index is 2.13. The lowest BCUT2D eigenvalue weighted by molar-refractivity contribution is 0.0509. The molecule has 0 aliphatic carbocycles. The van der Waals surface area contributed by atoms with Gasteiger partial charge in [-0.1, -0.05) is 42.5 Å². The van der Waals surface area contributed by atoms with Crippen molar-refractivity contribution in [1.82, 2.24) is 5.32 Å². The predicted octanol–water partition coefficient (Wildman–Crippen LogP) is 4.69. The third-order valence-electron chi connectivity index (χ3n) is 3.48. The molecule has 1 N–H and O–H groups in total. The minimum atomic E-state index is -1.26. The molecule has 1 amide bonds. The first-order chi connectivity index (χ1) is 12.2. The standard InChI is InChI=1S/C20H24BrNO3S/c1-20(2,3)25-19(23)22-16(13-15-9-5-4-6-10-15)14-26(24)18-12-8-7-11-17(18)21/h4-12,16H,13-14H2,1-3H3,(H,22,23)/t16-,26?/m0/s1.